The van der Waals surface area contributed by atoms with Gasteiger partial charge in [0.2, 0.25) is 0 Å². The van der Waals surface area contributed by atoms with Crippen LogP contribution < -0.4 is 0 Å². The number of carboxylic acid groups (broad SMARTS) is 1. The summed E-state index contributed by atoms with van der Waals surface area (Å²) in [4.78, 5) is 18.5. The average molecular weight is 512 g/mol. The van der Waals surface area contributed by atoms with Gasteiger partial charge in [-0.1, -0.05) is 0 Å². The molecule has 0 bridgehead atoms. The average Bonchev–Trinajstić information content (AvgIpc) is 3.27. The normalized spacial score (nSPS) is 15.2. The number of aromatic carboxylic acids is 1. The summed E-state index contributed by atoms with van der Waals surface area (Å²) in [6.45, 7) is 0.387. The van der Waals surface area contributed by atoms with Gasteiger partial charge >= 0.3 is 5.97 Å². The van der Waals surface area contributed by atoms with Crippen molar-refractivity contribution in [2.75, 3.05) is 14.1 Å². The number of benzene rings is 1. The molecule has 0 aliphatic heterocycles. The molecule has 0 amide bonds. The Kier molecular flexibility index (Phi) is 6.02. The van der Waals surface area contributed by atoms with Crippen LogP contribution in [-0.4, -0.2) is 48.9 Å². The highest BCUT2D eigenvalue weighted by Gasteiger charge is 2.34. The zero-order valence-electron chi connectivity index (χ0n) is 16.6. The van der Waals surface area contributed by atoms with E-state index >= 15 is 0 Å². The number of aromatic nitrogens is 2. The molecule has 1 fully saturated rings. The number of thiazole rings is 1. The number of carboxylic acids is 1. The third-order valence-corrected chi connectivity index (χ3v) is 7.57. The fourth-order valence-electron chi connectivity index (χ4n) is 3.83. The minimum absolute atomic E-state index is 0.0433. The number of nitrogens with zero attached hydrogens (tertiary/aromatic N) is 3. The van der Waals surface area contributed by atoms with Crippen molar-refractivity contribution in [3.05, 3.63) is 43.9 Å². The van der Waals surface area contributed by atoms with E-state index in [-0.39, 0.29) is 28.9 Å². The summed E-state index contributed by atoms with van der Waals surface area (Å²) in [6.07, 6.45) is 1.91. The lowest BCUT2D eigenvalue weighted by Gasteiger charge is -2.15. The van der Waals surface area contributed by atoms with Gasteiger partial charge in [0, 0.05) is 45.4 Å². The Balaban J connectivity index is 1.92. The Morgan fingerprint density at radius 2 is 2.13 bits per heavy atom. The van der Waals surface area contributed by atoms with Crippen LogP contribution in [0.3, 0.4) is 0 Å². The number of phenols is 1. The van der Waals surface area contributed by atoms with E-state index in [1.807, 2.05) is 28.9 Å². The molecule has 1 saturated carbocycles. The van der Waals surface area contributed by atoms with Gasteiger partial charge < -0.3 is 19.7 Å². The monoisotopic (exact) mass is 511 g/mol. The van der Waals surface area contributed by atoms with Gasteiger partial charge in [0.05, 0.1) is 38.3 Å². The molecule has 0 spiro atoms. The van der Waals surface area contributed by atoms with E-state index < -0.39 is 16.8 Å². The molecule has 1 aromatic carbocycles. The zero-order chi connectivity index (χ0) is 21.6. The lowest BCUT2D eigenvalue weighted by molar-refractivity contribution is 0.0697. The van der Waals surface area contributed by atoms with E-state index in [0.717, 1.165) is 24.1 Å². The number of rotatable bonds is 8. The van der Waals surface area contributed by atoms with Gasteiger partial charge in [0.15, 0.2) is 0 Å². The van der Waals surface area contributed by atoms with Gasteiger partial charge in [-0.05, 0) is 48.9 Å². The molecule has 0 saturated heterocycles. The first-order chi connectivity index (χ1) is 14.3. The molecule has 2 N–H and O–H groups in total. The lowest BCUT2D eigenvalue weighted by Crippen LogP contribution is -2.12. The number of fused-ring (bicyclic) bond motifs is 1. The molecule has 2 heterocycles. The lowest BCUT2D eigenvalue weighted by atomic mass is 10.0. The van der Waals surface area contributed by atoms with Gasteiger partial charge in [0.25, 0.3) is 0 Å². The highest BCUT2D eigenvalue weighted by atomic mass is 79.9. The van der Waals surface area contributed by atoms with Crippen LogP contribution in [0.2, 0.25) is 0 Å². The first-order valence-corrected chi connectivity index (χ1v) is 12.7. The van der Waals surface area contributed by atoms with Crippen molar-refractivity contribution >= 4 is 54.9 Å². The molecule has 0 radical (unpaired) electrons. The van der Waals surface area contributed by atoms with Gasteiger partial charge in [-0.3, -0.25) is 4.21 Å². The molecule has 4 rings (SSSR count). The van der Waals surface area contributed by atoms with E-state index in [2.05, 4.69) is 20.9 Å². The minimum Gasteiger partial charge on any atom is -0.506 e. The second-order valence-electron chi connectivity index (χ2n) is 7.75. The summed E-state index contributed by atoms with van der Waals surface area (Å²) >= 11 is 4.87. The maximum Gasteiger partial charge on any atom is 0.338 e. The third-order valence-electron chi connectivity index (χ3n) is 5.11. The zero-order valence-corrected chi connectivity index (χ0v) is 19.8. The van der Waals surface area contributed by atoms with Crippen molar-refractivity contribution < 1.29 is 19.2 Å². The number of aromatic hydroxyl groups is 1. The molecule has 3 aromatic rings. The largest absolute Gasteiger partial charge is 0.506 e. The van der Waals surface area contributed by atoms with Crippen LogP contribution in [0.4, 0.5) is 0 Å². The first-order valence-electron chi connectivity index (χ1n) is 9.45. The van der Waals surface area contributed by atoms with Gasteiger partial charge in [-0.15, -0.1) is 11.3 Å². The second kappa shape index (κ2) is 8.41. The minimum atomic E-state index is -1.31. The predicted molar refractivity (Wildman–Crippen MR) is 122 cm³/mol. The van der Waals surface area contributed by atoms with Crippen LogP contribution in [0, 0.1) is 0 Å². The van der Waals surface area contributed by atoms with Crippen molar-refractivity contribution in [1.82, 2.24) is 14.5 Å². The molecule has 7 nitrogen and oxygen atoms in total. The number of hydrogen-bond donors (Lipinski definition) is 2. The van der Waals surface area contributed by atoms with Crippen LogP contribution in [0.1, 0.15) is 46.2 Å². The Bertz CT molecular complexity index is 1140. The topological polar surface area (TPSA) is 95.7 Å². The highest BCUT2D eigenvalue weighted by molar-refractivity contribution is 9.10. The molecular formula is C20H22BrN3O4S2. The van der Waals surface area contributed by atoms with Crippen LogP contribution >= 0.6 is 27.3 Å². The van der Waals surface area contributed by atoms with E-state index in [9.17, 15) is 19.2 Å². The summed E-state index contributed by atoms with van der Waals surface area (Å²) in [6, 6.07) is 1.97. The fourth-order valence-corrected chi connectivity index (χ4v) is 6.12. The van der Waals surface area contributed by atoms with Crippen molar-refractivity contribution in [3.63, 3.8) is 0 Å². The predicted octanol–water partition coefficient (Wildman–Crippen LogP) is 4.11. The van der Waals surface area contributed by atoms with Crippen molar-refractivity contribution in [1.29, 1.82) is 0 Å². The summed E-state index contributed by atoms with van der Waals surface area (Å²) in [7, 11) is 2.43. The molecule has 1 aliphatic carbocycles. The van der Waals surface area contributed by atoms with Crippen molar-refractivity contribution in [3.8, 4) is 5.75 Å². The highest BCUT2D eigenvalue weighted by Crippen LogP contribution is 2.46. The van der Waals surface area contributed by atoms with Crippen LogP contribution in [0.5, 0.6) is 5.75 Å². The number of phenolic OH excluding ortho intramolecular Hbond substituents is 1. The first kappa shape index (κ1) is 21.5. The Morgan fingerprint density at radius 3 is 2.70 bits per heavy atom. The number of halogens is 1. The smallest absolute Gasteiger partial charge is 0.338 e. The SMILES string of the molecule is CN(C)Cc1c(O)c(Br)cc2c1c(C(=O)O)c(CS(=O)Cc1cscn1)n2C1CC1. The van der Waals surface area contributed by atoms with Crippen LogP contribution in [0.15, 0.2) is 21.4 Å². The second-order valence-corrected chi connectivity index (χ2v) is 10.8. The van der Waals surface area contributed by atoms with E-state index in [0.29, 0.717) is 27.7 Å². The molecular weight excluding hydrogens is 490 g/mol. The number of hydrogen-bond acceptors (Lipinski definition) is 6. The quantitative estimate of drug-likeness (QED) is 0.472. The Labute approximate surface area is 188 Å². The maximum atomic E-state index is 12.9. The Hall–Kier alpha value is -1.75. The molecule has 10 heteroatoms. The molecule has 160 valence electrons. The van der Waals surface area contributed by atoms with E-state index in [1.165, 1.54) is 11.3 Å². The summed E-state index contributed by atoms with van der Waals surface area (Å²) in [5, 5.41) is 23.2. The maximum absolute atomic E-state index is 12.9. The van der Waals surface area contributed by atoms with Crippen molar-refractivity contribution in [2.45, 2.75) is 36.9 Å². The molecule has 30 heavy (non-hydrogen) atoms. The van der Waals surface area contributed by atoms with E-state index in [4.69, 9.17) is 0 Å². The van der Waals surface area contributed by atoms with Crippen LogP contribution in [0.25, 0.3) is 10.9 Å². The van der Waals surface area contributed by atoms with E-state index in [1.54, 1.807) is 11.6 Å². The fraction of sp³-hybridized carbons (Fsp3) is 0.400. The number of carbonyl (C=O) groups is 1. The molecule has 1 unspecified atom stereocenters. The summed E-state index contributed by atoms with van der Waals surface area (Å²) in [5.74, 6) is -0.609. The van der Waals surface area contributed by atoms with Gasteiger partial charge in [0.1, 0.15) is 5.75 Å². The van der Waals surface area contributed by atoms with Gasteiger partial charge in [-0.25, -0.2) is 9.78 Å². The van der Waals surface area contributed by atoms with Crippen molar-refractivity contribution in [2.24, 2.45) is 0 Å². The third kappa shape index (κ3) is 4.05. The summed E-state index contributed by atoms with van der Waals surface area (Å²) < 4.78 is 15.5. The Morgan fingerprint density at radius 1 is 1.40 bits per heavy atom. The van der Waals surface area contributed by atoms with Crippen LogP contribution in [-0.2, 0) is 28.9 Å². The summed E-state index contributed by atoms with van der Waals surface area (Å²) in [5.41, 5.74) is 4.47. The molecule has 1 atom stereocenters. The standard InChI is InChI=1S/C20H22BrN3O4S2/c1-23(2)6-13-17-15(5-14(21)19(13)25)24(12-3-4-12)16(18(17)20(26)27)9-30(28)8-11-7-29-10-22-11/h5,7,10,12,25H,3-4,6,8-9H2,1-2H3,(H,26,27). The van der Waals surface area contributed by atoms with Gasteiger partial charge in [-0.2, -0.15) is 0 Å². The molecule has 2 aromatic heterocycles. The molecule has 1 aliphatic rings.